The molecule has 26 heavy (non-hydrogen) atoms. The number of furan rings is 1. The molecule has 6 heteroatoms. The Morgan fingerprint density at radius 2 is 1.73 bits per heavy atom. The van der Waals surface area contributed by atoms with Gasteiger partial charge in [-0.25, -0.2) is 0 Å². The second kappa shape index (κ2) is 6.93. The van der Waals surface area contributed by atoms with Crippen LogP contribution in [-0.4, -0.2) is 24.2 Å². The number of aliphatic hydroxyl groups is 1. The van der Waals surface area contributed by atoms with E-state index >= 15 is 0 Å². The van der Waals surface area contributed by atoms with Crippen LogP contribution in [0.2, 0.25) is 0 Å². The van der Waals surface area contributed by atoms with Gasteiger partial charge in [-0.2, -0.15) is 0 Å². The van der Waals surface area contributed by atoms with Gasteiger partial charge in [0, 0.05) is 16.8 Å². The predicted molar refractivity (Wildman–Crippen MR) is 95.5 cm³/mol. The average molecular weight is 351 g/mol. The second-order valence-electron chi connectivity index (χ2n) is 5.81. The summed E-state index contributed by atoms with van der Waals surface area (Å²) in [5.41, 5.74) is 2.03. The van der Waals surface area contributed by atoms with E-state index in [1.165, 1.54) is 0 Å². The third-order valence-corrected chi connectivity index (χ3v) is 4.05. The molecule has 0 aliphatic carbocycles. The molecule has 2 N–H and O–H groups in total. The van der Waals surface area contributed by atoms with Gasteiger partial charge in [0.15, 0.2) is 11.5 Å². The Morgan fingerprint density at radius 3 is 2.46 bits per heavy atom. The molecule has 0 atom stereocenters. The van der Waals surface area contributed by atoms with Crippen molar-refractivity contribution in [2.45, 2.75) is 6.61 Å². The molecule has 0 unspecified atom stereocenters. The van der Waals surface area contributed by atoms with E-state index in [-0.39, 0.29) is 12.5 Å². The minimum Gasteiger partial charge on any atom is -0.486 e. The molecule has 4 rings (SSSR count). The molecule has 0 saturated carbocycles. The first-order valence-corrected chi connectivity index (χ1v) is 8.24. The van der Waals surface area contributed by atoms with Crippen molar-refractivity contribution in [3.8, 4) is 22.8 Å². The van der Waals surface area contributed by atoms with Crippen molar-refractivity contribution < 1.29 is 23.8 Å². The van der Waals surface area contributed by atoms with Crippen molar-refractivity contribution in [1.82, 2.24) is 0 Å². The summed E-state index contributed by atoms with van der Waals surface area (Å²) in [7, 11) is 0. The normalized spacial score (nSPS) is 12.7. The Labute approximate surface area is 150 Å². The van der Waals surface area contributed by atoms with E-state index in [1.807, 2.05) is 12.1 Å². The molecule has 1 aromatic heterocycles. The molecule has 2 aromatic carbocycles. The van der Waals surface area contributed by atoms with Crippen LogP contribution in [0.15, 0.2) is 59.0 Å². The van der Waals surface area contributed by atoms with E-state index in [2.05, 4.69) is 5.32 Å². The summed E-state index contributed by atoms with van der Waals surface area (Å²) in [5, 5.41) is 11.9. The van der Waals surface area contributed by atoms with Crippen LogP contribution in [0.3, 0.4) is 0 Å². The molecular weight excluding hydrogens is 334 g/mol. The molecule has 0 radical (unpaired) electrons. The first kappa shape index (κ1) is 16.2. The summed E-state index contributed by atoms with van der Waals surface area (Å²) in [4.78, 5) is 12.4. The summed E-state index contributed by atoms with van der Waals surface area (Å²) in [6, 6.07) is 15.9. The fraction of sp³-hybridized carbons (Fsp3) is 0.150. The van der Waals surface area contributed by atoms with Crippen LogP contribution in [0.25, 0.3) is 11.3 Å². The Morgan fingerprint density at radius 1 is 0.962 bits per heavy atom. The lowest BCUT2D eigenvalue weighted by Crippen LogP contribution is -2.17. The summed E-state index contributed by atoms with van der Waals surface area (Å²) in [5.74, 6) is 2.18. The maximum Gasteiger partial charge on any atom is 0.255 e. The molecular formula is C20H17NO5. The lowest BCUT2D eigenvalue weighted by molar-refractivity contribution is 0.102. The minimum absolute atomic E-state index is 0.135. The first-order valence-electron chi connectivity index (χ1n) is 8.24. The number of hydrogen-bond acceptors (Lipinski definition) is 5. The van der Waals surface area contributed by atoms with E-state index in [4.69, 9.17) is 19.0 Å². The number of aliphatic hydroxyl groups excluding tert-OH is 1. The molecule has 1 aliphatic heterocycles. The Hall–Kier alpha value is -3.25. The fourth-order valence-electron chi connectivity index (χ4n) is 2.72. The number of rotatable bonds is 4. The number of carbonyl (C=O) groups excluding carboxylic acids is 1. The van der Waals surface area contributed by atoms with Crippen LogP contribution >= 0.6 is 0 Å². The highest BCUT2D eigenvalue weighted by Gasteiger charge is 2.15. The van der Waals surface area contributed by atoms with Crippen molar-refractivity contribution in [3.63, 3.8) is 0 Å². The van der Waals surface area contributed by atoms with Gasteiger partial charge >= 0.3 is 0 Å². The molecule has 0 fully saturated rings. The average Bonchev–Trinajstić information content (AvgIpc) is 3.17. The topological polar surface area (TPSA) is 80.9 Å². The number of carbonyl (C=O) groups is 1. The first-order chi connectivity index (χ1) is 12.7. The number of anilines is 1. The van der Waals surface area contributed by atoms with Crippen molar-refractivity contribution in [3.05, 3.63) is 65.9 Å². The van der Waals surface area contributed by atoms with E-state index in [0.29, 0.717) is 47.5 Å². The molecule has 3 aromatic rings. The van der Waals surface area contributed by atoms with Crippen molar-refractivity contribution in [2.75, 3.05) is 18.5 Å². The van der Waals surface area contributed by atoms with Gasteiger partial charge in [0.2, 0.25) is 0 Å². The zero-order valence-electron chi connectivity index (χ0n) is 13.9. The van der Waals surface area contributed by atoms with Gasteiger partial charge in [-0.05, 0) is 54.6 Å². The largest absolute Gasteiger partial charge is 0.486 e. The van der Waals surface area contributed by atoms with E-state index in [1.54, 1.807) is 42.5 Å². The summed E-state index contributed by atoms with van der Waals surface area (Å²) in [6.45, 7) is 0.855. The number of fused-ring (bicyclic) bond motifs is 1. The van der Waals surface area contributed by atoms with Crippen molar-refractivity contribution in [1.29, 1.82) is 0 Å². The summed E-state index contributed by atoms with van der Waals surface area (Å²) < 4.78 is 16.5. The predicted octanol–water partition coefficient (Wildman–Crippen LogP) is 3.46. The van der Waals surface area contributed by atoms with Crippen LogP contribution in [0.4, 0.5) is 5.69 Å². The Bertz CT molecular complexity index is 930. The van der Waals surface area contributed by atoms with Gasteiger partial charge in [0.05, 0.1) is 0 Å². The van der Waals surface area contributed by atoms with Gasteiger partial charge in [-0.15, -0.1) is 0 Å². The number of nitrogens with one attached hydrogen (secondary N) is 1. The molecule has 132 valence electrons. The van der Waals surface area contributed by atoms with Crippen LogP contribution in [-0.2, 0) is 6.61 Å². The molecule has 0 bridgehead atoms. The number of ether oxygens (including phenoxy) is 2. The van der Waals surface area contributed by atoms with Gasteiger partial charge in [0.1, 0.15) is 31.3 Å². The van der Waals surface area contributed by atoms with Crippen LogP contribution < -0.4 is 14.8 Å². The molecule has 1 aliphatic rings. The van der Waals surface area contributed by atoms with Gasteiger partial charge in [-0.1, -0.05) is 0 Å². The minimum atomic E-state index is -0.227. The second-order valence-corrected chi connectivity index (χ2v) is 5.81. The maximum absolute atomic E-state index is 12.4. The van der Waals surface area contributed by atoms with Gasteiger partial charge in [0.25, 0.3) is 5.91 Å². The van der Waals surface area contributed by atoms with E-state index < -0.39 is 0 Å². The standard InChI is InChI=1S/C20H17NO5/c22-12-16-6-8-17(26-16)13-1-4-15(5-2-13)21-20(23)14-3-7-18-19(11-14)25-10-9-24-18/h1-8,11,22H,9-10,12H2,(H,21,23). The lowest BCUT2D eigenvalue weighted by atomic mass is 10.1. The lowest BCUT2D eigenvalue weighted by Gasteiger charge is -2.18. The highest BCUT2D eigenvalue weighted by molar-refractivity contribution is 6.04. The molecule has 2 heterocycles. The summed E-state index contributed by atoms with van der Waals surface area (Å²) >= 11 is 0. The number of amides is 1. The van der Waals surface area contributed by atoms with E-state index in [0.717, 1.165) is 5.56 Å². The molecule has 0 saturated heterocycles. The fourth-order valence-corrected chi connectivity index (χ4v) is 2.72. The van der Waals surface area contributed by atoms with Crippen LogP contribution in [0.1, 0.15) is 16.1 Å². The van der Waals surface area contributed by atoms with Crippen molar-refractivity contribution in [2.24, 2.45) is 0 Å². The van der Waals surface area contributed by atoms with Gasteiger partial charge in [-0.3, -0.25) is 4.79 Å². The highest BCUT2D eigenvalue weighted by Crippen LogP contribution is 2.31. The Balaban J connectivity index is 1.47. The quantitative estimate of drug-likeness (QED) is 0.752. The van der Waals surface area contributed by atoms with Crippen molar-refractivity contribution >= 4 is 11.6 Å². The number of benzene rings is 2. The molecule has 1 amide bonds. The maximum atomic E-state index is 12.4. The Kier molecular flexibility index (Phi) is 4.33. The zero-order chi connectivity index (χ0) is 17.9. The smallest absolute Gasteiger partial charge is 0.255 e. The van der Waals surface area contributed by atoms with Gasteiger partial charge < -0.3 is 24.3 Å². The summed E-state index contributed by atoms with van der Waals surface area (Å²) in [6.07, 6.45) is 0. The monoisotopic (exact) mass is 351 g/mol. The third-order valence-electron chi connectivity index (χ3n) is 4.05. The number of hydrogen-bond donors (Lipinski definition) is 2. The zero-order valence-corrected chi connectivity index (χ0v) is 13.9. The molecule has 6 nitrogen and oxygen atoms in total. The SMILES string of the molecule is O=C(Nc1ccc(-c2ccc(CO)o2)cc1)c1ccc2c(c1)OCCO2. The van der Waals surface area contributed by atoms with Crippen LogP contribution in [0, 0.1) is 0 Å². The van der Waals surface area contributed by atoms with Crippen LogP contribution in [0.5, 0.6) is 11.5 Å². The van der Waals surface area contributed by atoms with E-state index in [9.17, 15) is 4.79 Å². The third kappa shape index (κ3) is 3.27. The molecule has 0 spiro atoms. The highest BCUT2D eigenvalue weighted by atomic mass is 16.6.